The van der Waals surface area contributed by atoms with Crippen molar-refractivity contribution in [2.45, 2.75) is 31.8 Å². The fraction of sp³-hybridized carbons (Fsp3) is 0.526. The van der Waals surface area contributed by atoms with Crippen molar-refractivity contribution in [3.8, 4) is 11.3 Å². The van der Waals surface area contributed by atoms with Gasteiger partial charge in [-0.1, -0.05) is 30.3 Å². The van der Waals surface area contributed by atoms with Crippen molar-refractivity contribution in [3.05, 3.63) is 40.7 Å². The first-order chi connectivity index (χ1) is 11.8. The molecule has 0 bridgehead atoms. The largest absolute Gasteiger partial charge is 0.396 e. The summed E-state index contributed by atoms with van der Waals surface area (Å²) >= 11 is 1.77. The molecule has 1 aliphatic rings. The molecule has 1 aliphatic heterocycles. The van der Waals surface area contributed by atoms with E-state index in [9.17, 15) is 0 Å². The number of aromatic nitrogens is 1. The molecule has 130 valence electrons. The lowest BCUT2D eigenvalue weighted by molar-refractivity contribution is 0.117. The van der Waals surface area contributed by atoms with E-state index in [1.807, 2.05) is 6.07 Å². The molecule has 2 aromatic rings. The van der Waals surface area contributed by atoms with Crippen LogP contribution in [0.3, 0.4) is 0 Å². The van der Waals surface area contributed by atoms with E-state index in [1.165, 1.54) is 23.4 Å². The van der Waals surface area contributed by atoms with Crippen LogP contribution in [0.2, 0.25) is 0 Å². The van der Waals surface area contributed by atoms with Crippen LogP contribution in [0.25, 0.3) is 11.3 Å². The maximum Gasteiger partial charge on any atom is 0.107 e. The summed E-state index contributed by atoms with van der Waals surface area (Å²) in [7, 11) is 2.18. The Morgan fingerprint density at radius 3 is 2.71 bits per heavy atom. The van der Waals surface area contributed by atoms with Gasteiger partial charge in [-0.15, -0.1) is 11.3 Å². The van der Waals surface area contributed by atoms with Gasteiger partial charge in [-0.3, -0.25) is 4.90 Å². The number of nitrogens with zero attached hydrogens (tertiary/aromatic N) is 3. The van der Waals surface area contributed by atoms with Gasteiger partial charge in [0.2, 0.25) is 0 Å². The lowest BCUT2D eigenvalue weighted by Gasteiger charge is -2.36. The van der Waals surface area contributed by atoms with Crippen molar-refractivity contribution in [1.29, 1.82) is 0 Å². The molecule has 0 unspecified atom stereocenters. The van der Waals surface area contributed by atoms with Crippen molar-refractivity contribution in [2.75, 3.05) is 33.3 Å². The van der Waals surface area contributed by atoms with Crippen LogP contribution in [0.4, 0.5) is 0 Å². The molecule has 1 fully saturated rings. The van der Waals surface area contributed by atoms with E-state index >= 15 is 0 Å². The topological polar surface area (TPSA) is 39.6 Å². The van der Waals surface area contributed by atoms with Crippen molar-refractivity contribution < 1.29 is 5.11 Å². The quantitative estimate of drug-likeness (QED) is 0.837. The highest BCUT2D eigenvalue weighted by atomic mass is 32.1. The number of aliphatic hydroxyl groups is 1. The molecule has 0 atom stereocenters. The highest BCUT2D eigenvalue weighted by molar-refractivity contribution is 7.09. The molecule has 4 nitrogen and oxygen atoms in total. The number of rotatable bonds is 7. The summed E-state index contributed by atoms with van der Waals surface area (Å²) in [6.45, 7) is 4.51. The molecular weight excluding hydrogens is 318 g/mol. The fourth-order valence-electron chi connectivity index (χ4n) is 3.34. The average Bonchev–Trinajstić information content (AvgIpc) is 3.09. The molecule has 0 saturated carbocycles. The van der Waals surface area contributed by atoms with E-state index in [2.05, 4.69) is 46.5 Å². The lowest BCUT2D eigenvalue weighted by Crippen LogP contribution is -2.43. The lowest BCUT2D eigenvalue weighted by atomic mass is 10.0. The molecule has 1 N–H and O–H groups in total. The highest BCUT2D eigenvalue weighted by Gasteiger charge is 2.22. The van der Waals surface area contributed by atoms with Crippen molar-refractivity contribution >= 4 is 11.3 Å². The van der Waals surface area contributed by atoms with Gasteiger partial charge in [0.1, 0.15) is 5.01 Å². The monoisotopic (exact) mass is 345 g/mol. The minimum absolute atomic E-state index is 0.289. The summed E-state index contributed by atoms with van der Waals surface area (Å²) in [6, 6.07) is 11.1. The molecule has 1 saturated heterocycles. The Kier molecular flexibility index (Phi) is 6.37. The van der Waals surface area contributed by atoms with Crippen LogP contribution in [0.5, 0.6) is 0 Å². The standard InChI is InChI=1S/C19H27N3OS/c1-21(10-5-13-23)17-8-11-22(12-9-17)14-19-20-18(15-24-19)16-6-3-2-4-7-16/h2-4,6-7,15,17,23H,5,8-14H2,1H3. The van der Waals surface area contributed by atoms with Gasteiger partial charge in [0.15, 0.2) is 0 Å². The SMILES string of the molecule is CN(CCCO)C1CCN(Cc2nc(-c3ccccc3)cs2)CC1. The first-order valence-corrected chi connectivity index (χ1v) is 9.67. The zero-order valence-corrected chi connectivity index (χ0v) is 15.2. The van der Waals surface area contributed by atoms with Gasteiger partial charge in [-0.25, -0.2) is 4.98 Å². The minimum Gasteiger partial charge on any atom is -0.396 e. The Morgan fingerprint density at radius 1 is 1.25 bits per heavy atom. The molecular formula is C19H27N3OS. The van der Waals surface area contributed by atoms with Crippen molar-refractivity contribution in [3.63, 3.8) is 0 Å². The smallest absolute Gasteiger partial charge is 0.107 e. The van der Waals surface area contributed by atoms with Crippen LogP contribution < -0.4 is 0 Å². The fourth-order valence-corrected chi connectivity index (χ4v) is 4.18. The second-order valence-electron chi connectivity index (χ2n) is 6.56. The van der Waals surface area contributed by atoms with Gasteiger partial charge in [0.25, 0.3) is 0 Å². The van der Waals surface area contributed by atoms with Gasteiger partial charge in [-0.2, -0.15) is 0 Å². The van der Waals surface area contributed by atoms with Gasteiger partial charge in [0, 0.05) is 43.2 Å². The molecule has 5 heteroatoms. The third-order valence-corrected chi connectivity index (χ3v) is 5.66. The molecule has 0 aliphatic carbocycles. The number of likely N-dealkylation sites (tertiary alicyclic amines) is 1. The second kappa shape index (κ2) is 8.72. The first-order valence-electron chi connectivity index (χ1n) is 8.79. The Hall–Kier alpha value is -1.27. The van der Waals surface area contributed by atoms with Gasteiger partial charge >= 0.3 is 0 Å². The summed E-state index contributed by atoms with van der Waals surface area (Å²) in [5, 5.41) is 12.3. The summed E-state index contributed by atoms with van der Waals surface area (Å²) in [4.78, 5) is 9.73. The van der Waals surface area contributed by atoms with E-state index in [4.69, 9.17) is 10.1 Å². The predicted octanol–water partition coefficient (Wildman–Crippen LogP) is 3.09. The number of hydrogen-bond donors (Lipinski definition) is 1. The Morgan fingerprint density at radius 2 is 2.00 bits per heavy atom. The first kappa shape index (κ1) is 17.5. The molecule has 3 rings (SSSR count). The second-order valence-corrected chi connectivity index (χ2v) is 7.50. The Labute approximate surface area is 148 Å². The van der Waals surface area contributed by atoms with E-state index in [1.54, 1.807) is 11.3 Å². The van der Waals surface area contributed by atoms with E-state index in [-0.39, 0.29) is 6.61 Å². The number of piperidine rings is 1. The van der Waals surface area contributed by atoms with Crippen molar-refractivity contribution in [1.82, 2.24) is 14.8 Å². The summed E-state index contributed by atoms with van der Waals surface area (Å²) < 4.78 is 0. The normalized spacial score (nSPS) is 16.8. The van der Waals surface area contributed by atoms with Gasteiger partial charge in [0.05, 0.1) is 12.2 Å². The maximum atomic E-state index is 8.96. The summed E-state index contributed by atoms with van der Waals surface area (Å²) in [5.41, 5.74) is 2.29. The van der Waals surface area contributed by atoms with Crippen molar-refractivity contribution in [2.24, 2.45) is 0 Å². The van der Waals surface area contributed by atoms with Crippen LogP contribution >= 0.6 is 11.3 Å². The molecule has 24 heavy (non-hydrogen) atoms. The van der Waals surface area contributed by atoms with Gasteiger partial charge in [-0.05, 0) is 26.3 Å². The molecule has 1 aromatic carbocycles. The number of hydrogen-bond acceptors (Lipinski definition) is 5. The molecule has 2 heterocycles. The Balaban J connectivity index is 1.49. The predicted molar refractivity (Wildman–Crippen MR) is 100 cm³/mol. The average molecular weight is 346 g/mol. The summed E-state index contributed by atoms with van der Waals surface area (Å²) in [6.07, 6.45) is 3.29. The van der Waals surface area contributed by atoms with Gasteiger partial charge < -0.3 is 10.0 Å². The third-order valence-electron chi connectivity index (χ3n) is 4.83. The van der Waals surface area contributed by atoms with Crippen LogP contribution in [-0.2, 0) is 6.54 Å². The third kappa shape index (κ3) is 4.63. The molecule has 0 radical (unpaired) electrons. The molecule has 0 amide bonds. The Bertz CT molecular complexity index is 608. The van der Waals surface area contributed by atoms with Crippen LogP contribution in [0.15, 0.2) is 35.7 Å². The number of thiazole rings is 1. The zero-order chi connectivity index (χ0) is 16.8. The molecule has 1 aromatic heterocycles. The highest BCUT2D eigenvalue weighted by Crippen LogP contribution is 2.24. The number of benzene rings is 1. The summed E-state index contributed by atoms with van der Waals surface area (Å²) in [5.74, 6) is 0. The zero-order valence-electron chi connectivity index (χ0n) is 14.4. The van der Waals surface area contributed by atoms with Crippen LogP contribution in [-0.4, -0.2) is 59.2 Å². The van der Waals surface area contributed by atoms with E-state index < -0.39 is 0 Å². The molecule has 0 spiro atoms. The number of aliphatic hydroxyl groups excluding tert-OH is 1. The van der Waals surface area contributed by atoms with E-state index in [0.29, 0.717) is 6.04 Å². The van der Waals surface area contributed by atoms with E-state index in [0.717, 1.165) is 38.3 Å². The maximum absolute atomic E-state index is 8.96. The van der Waals surface area contributed by atoms with Crippen LogP contribution in [0, 0.1) is 0 Å². The van der Waals surface area contributed by atoms with Crippen LogP contribution in [0.1, 0.15) is 24.3 Å². The minimum atomic E-state index is 0.289.